The van der Waals surface area contributed by atoms with Gasteiger partial charge in [-0.15, -0.1) is 0 Å². The molecule has 0 saturated carbocycles. The van der Waals surface area contributed by atoms with Crippen molar-refractivity contribution in [1.29, 1.82) is 0 Å². The van der Waals surface area contributed by atoms with Gasteiger partial charge in [0.15, 0.2) is 5.82 Å². The van der Waals surface area contributed by atoms with Crippen LogP contribution in [-0.4, -0.2) is 29.7 Å². The Bertz CT molecular complexity index is 386. The SMILES string of the molecule is CCCCCCCOc1cc(NCC)nc(COCC)n1. The maximum absolute atomic E-state index is 5.75. The number of aromatic nitrogens is 2. The Hall–Kier alpha value is -1.36. The van der Waals surface area contributed by atoms with Crippen LogP contribution in [0.5, 0.6) is 5.88 Å². The number of hydrogen-bond donors (Lipinski definition) is 1. The predicted molar refractivity (Wildman–Crippen MR) is 85.8 cm³/mol. The highest BCUT2D eigenvalue weighted by Crippen LogP contribution is 2.15. The molecule has 0 aliphatic carbocycles. The van der Waals surface area contributed by atoms with Gasteiger partial charge in [-0.3, -0.25) is 0 Å². The summed E-state index contributed by atoms with van der Waals surface area (Å²) in [6, 6.07) is 1.85. The van der Waals surface area contributed by atoms with E-state index in [-0.39, 0.29) is 0 Å². The number of ether oxygens (including phenoxy) is 2. The van der Waals surface area contributed by atoms with E-state index < -0.39 is 0 Å². The van der Waals surface area contributed by atoms with Crippen molar-refractivity contribution in [3.8, 4) is 5.88 Å². The van der Waals surface area contributed by atoms with Crippen LogP contribution in [-0.2, 0) is 11.3 Å². The lowest BCUT2D eigenvalue weighted by molar-refractivity contribution is 0.127. The molecule has 0 fully saturated rings. The quantitative estimate of drug-likeness (QED) is 0.594. The molecule has 21 heavy (non-hydrogen) atoms. The second kappa shape index (κ2) is 11.3. The third kappa shape index (κ3) is 7.85. The largest absolute Gasteiger partial charge is 0.478 e. The van der Waals surface area contributed by atoms with Gasteiger partial charge in [-0.2, -0.15) is 4.98 Å². The van der Waals surface area contributed by atoms with Crippen LogP contribution in [0.4, 0.5) is 5.82 Å². The molecule has 1 aromatic heterocycles. The van der Waals surface area contributed by atoms with Crippen molar-refractivity contribution < 1.29 is 9.47 Å². The van der Waals surface area contributed by atoms with Crippen LogP contribution in [0, 0.1) is 0 Å². The van der Waals surface area contributed by atoms with Gasteiger partial charge >= 0.3 is 0 Å². The summed E-state index contributed by atoms with van der Waals surface area (Å²) in [5, 5.41) is 3.20. The molecular formula is C16H29N3O2. The molecular weight excluding hydrogens is 266 g/mol. The Labute approximate surface area is 128 Å². The van der Waals surface area contributed by atoms with Crippen LogP contribution < -0.4 is 10.1 Å². The first kappa shape index (κ1) is 17.7. The van der Waals surface area contributed by atoms with Crippen molar-refractivity contribution in [3.05, 3.63) is 11.9 Å². The first-order valence-corrected chi connectivity index (χ1v) is 8.12. The smallest absolute Gasteiger partial charge is 0.218 e. The van der Waals surface area contributed by atoms with E-state index in [9.17, 15) is 0 Å². The average molecular weight is 295 g/mol. The van der Waals surface area contributed by atoms with Crippen molar-refractivity contribution in [3.63, 3.8) is 0 Å². The summed E-state index contributed by atoms with van der Waals surface area (Å²) in [5.41, 5.74) is 0. The molecule has 5 nitrogen and oxygen atoms in total. The van der Waals surface area contributed by atoms with E-state index in [2.05, 4.69) is 22.2 Å². The summed E-state index contributed by atoms with van der Waals surface area (Å²) in [5.74, 6) is 2.09. The number of hydrogen-bond acceptors (Lipinski definition) is 5. The van der Waals surface area contributed by atoms with Gasteiger partial charge in [0.2, 0.25) is 5.88 Å². The second-order valence-electron chi connectivity index (χ2n) is 4.94. The molecule has 0 aromatic carbocycles. The zero-order valence-corrected chi connectivity index (χ0v) is 13.7. The number of unbranched alkanes of at least 4 members (excludes halogenated alkanes) is 4. The first-order chi connectivity index (χ1) is 10.3. The minimum absolute atomic E-state index is 0.419. The second-order valence-corrected chi connectivity index (χ2v) is 4.94. The molecule has 0 amide bonds. The van der Waals surface area contributed by atoms with Crippen molar-refractivity contribution in [2.75, 3.05) is 25.1 Å². The van der Waals surface area contributed by atoms with Gasteiger partial charge in [0.1, 0.15) is 12.4 Å². The maximum atomic E-state index is 5.75. The molecule has 0 saturated heterocycles. The fourth-order valence-electron chi connectivity index (χ4n) is 1.96. The predicted octanol–water partition coefficient (Wildman–Crippen LogP) is 3.79. The van der Waals surface area contributed by atoms with E-state index in [1.165, 1.54) is 25.7 Å². The van der Waals surface area contributed by atoms with E-state index in [4.69, 9.17) is 9.47 Å². The van der Waals surface area contributed by atoms with Crippen molar-refractivity contribution in [2.45, 2.75) is 59.5 Å². The standard InChI is InChI=1S/C16H29N3O2/c1-4-7-8-9-10-11-21-16-12-14(17-5-2)18-15(19-16)13-20-6-3/h12H,4-11,13H2,1-3H3,(H,17,18,19). The lowest BCUT2D eigenvalue weighted by atomic mass is 10.2. The third-order valence-electron chi connectivity index (χ3n) is 3.04. The van der Waals surface area contributed by atoms with Crippen LogP contribution in [0.25, 0.3) is 0 Å². The fraction of sp³-hybridized carbons (Fsp3) is 0.750. The topological polar surface area (TPSA) is 56.3 Å². The van der Waals surface area contributed by atoms with Crippen LogP contribution in [0.1, 0.15) is 58.7 Å². The van der Waals surface area contributed by atoms with Crippen molar-refractivity contribution >= 4 is 5.82 Å². The Morgan fingerprint density at radius 3 is 2.57 bits per heavy atom. The number of anilines is 1. The molecule has 120 valence electrons. The number of rotatable bonds is 12. The summed E-state index contributed by atoms with van der Waals surface area (Å²) in [7, 11) is 0. The van der Waals surface area contributed by atoms with Gasteiger partial charge in [0, 0.05) is 19.2 Å². The third-order valence-corrected chi connectivity index (χ3v) is 3.04. The van der Waals surface area contributed by atoms with E-state index in [1.54, 1.807) is 0 Å². The number of nitrogens with zero attached hydrogens (tertiary/aromatic N) is 2. The first-order valence-electron chi connectivity index (χ1n) is 8.12. The Balaban J connectivity index is 2.48. The summed E-state index contributed by atoms with van der Waals surface area (Å²) in [6.45, 7) is 8.83. The van der Waals surface area contributed by atoms with E-state index >= 15 is 0 Å². The normalized spacial score (nSPS) is 10.6. The maximum Gasteiger partial charge on any atom is 0.218 e. The molecule has 5 heteroatoms. The molecule has 1 rings (SSSR count). The van der Waals surface area contributed by atoms with E-state index in [0.29, 0.717) is 31.5 Å². The highest BCUT2D eigenvalue weighted by atomic mass is 16.5. The van der Waals surface area contributed by atoms with Gasteiger partial charge in [-0.25, -0.2) is 4.98 Å². The molecule has 0 atom stereocenters. The monoisotopic (exact) mass is 295 g/mol. The Morgan fingerprint density at radius 1 is 1.05 bits per heavy atom. The van der Waals surface area contributed by atoms with Gasteiger partial charge in [-0.05, 0) is 20.3 Å². The van der Waals surface area contributed by atoms with Crippen molar-refractivity contribution in [2.24, 2.45) is 0 Å². The van der Waals surface area contributed by atoms with Gasteiger partial charge in [0.25, 0.3) is 0 Å². The van der Waals surface area contributed by atoms with Crippen LogP contribution in [0.15, 0.2) is 6.07 Å². The van der Waals surface area contributed by atoms with Crippen LogP contribution in [0.3, 0.4) is 0 Å². The minimum Gasteiger partial charge on any atom is -0.478 e. The summed E-state index contributed by atoms with van der Waals surface area (Å²) < 4.78 is 11.1. The molecule has 0 spiro atoms. The molecule has 1 N–H and O–H groups in total. The van der Waals surface area contributed by atoms with E-state index in [0.717, 1.165) is 18.8 Å². The molecule has 1 aromatic rings. The minimum atomic E-state index is 0.419. The Morgan fingerprint density at radius 2 is 1.86 bits per heavy atom. The summed E-state index contributed by atoms with van der Waals surface area (Å²) in [6.07, 6.45) is 6.13. The van der Waals surface area contributed by atoms with E-state index in [1.807, 2.05) is 19.9 Å². The molecule has 0 radical (unpaired) electrons. The molecule has 0 aliphatic heterocycles. The zero-order chi connectivity index (χ0) is 15.3. The summed E-state index contributed by atoms with van der Waals surface area (Å²) >= 11 is 0. The number of nitrogens with one attached hydrogen (secondary N) is 1. The molecule has 1 heterocycles. The molecule has 0 aliphatic rings. The lowest BCUT2D eigenvalue weighted by Gasteiger charge is -2.10. The van der Waals surface area contributed by atoms with Gasteiger partial charge < -0.3 is 14.8 Å². The molecule has 0 bridgehead atoms. The zero-order valence-electron chi connectivity index (χ0n) is 13.7. The summed E-state index contributed by atoms with van der Waals surface area (Å²) in [4.78, 5) is 8.79. The fourth-order valence-corrected chi connectivity index (χ4v) is 1.96. The lowest BCUT2D eigenvalue weighted by Crippen LogP contribution is -2.08. The van der Waals surface area contributed by atoms with Gasteiger partial charge in [0.05, 0.1) is 6.61 Å². The van der Waals surface area contributed by atoms with Crippen LogP contribution >= 0.6 is 0 Å². The Kier molecular flexibility index (Phi) is 9.53. The highest BCUT2D eigenvalue weighted by Gasteiger charge is 2.05. The average Bonchev–Trinajstić information content (AvgIpc) is 2.49. The van der Waals surface area contributed by atoms with Crippen LogP contribution in [0.2, 0.25) is 0 Å². The molecule has 0 unspecified atom stereocenters. The van der Waals surface area contributed by atoms with Crippen molar-refractivity contribution in [1.82, 2.24) is 9.97 Å². The van der Waals surface area contributed by atoms with Gasteiger partial charge in [-0.1, -0.05) is 32.6 Å². The highest BCUT2D eigenvalue weighted by molar-refractivity contribution is 5.38.